The number of nitrogens with two attached hydrogens (primary N) is 1. The van der Waals surface area contributed by atoms with Crippen LogP contribution in [0.4, 0.5) is 0 Å². The number of carbonyl (C=O) groups is 16. The number of fused-ring (bicyclic) bond motifs is 1. The molecule has 706 valence electrons. The zero-order chi connectivity index (χ0) is 96.5. The number of rotatable bonds is 24. The fourth-order valence-corrected chi connectivity index (χ4v) is 16.4. The van der Waals surface area contributed by atoms with Crippen LogP contribution in [-0.4, -0.2) is 272 Å². The van der Waals surface area contributed by atoms with E-state index in [1.165, 1.54) is 93.6 Å². The Kier molecular flexibility index (Phi) is 38.5. The third kappa shape index (κ3) is 31.1. The molecule has 36 heteroatoms. The van der Waals surface area contributed by atoms with E-state index in [0.717, 1.165) is 26.5 Å². The Hall–Kier alpha value is -14.5. The predicted molar refractivity (Wildman–Crippen MR) is 497 cm³/mol. The van der Waals surface area contributed by atoms with Crippen molar-refractivity contribution in [3.63, 3.8) is 0 Å². The predicted octanol–water partition coefficient (Wildman–Crippen LogP) is 2.91. The number of thioether (sulfide) groups is 1. The molecule has 15 N–H and O–H groups in total. The van der Waals surface area contributed by atoms with Crippen molar-refractivity contribution >= 4 is 117 Å². The van der Waals surface area contributed by atoms with E-state index >= 15 is 38.4 Å². The number of benzene rings is 7. The first-order chi connectivity index (χ1) is 63.5. The molecule has 1 fully saturated rings. The van der Waals surface area contributed by atoms with Crippen LogP contribution >= 0.6 is 11.8 Å². The fraction of sp³-hybridized carbons (Fsp3) is 0.381. The van der Waals surface area contributed by atoms with Crippen molar-refractivity contribution in [1.82, 2.24) is 77.3 Å². The van der Waals surface area contributed by atoms with E-state index < -0.39 is 193 Å². The summed E-state index contributed by atoms with van der Waals surface area (Å²) < 4.78 is 0. The summed E-state index contributed by atoms with van der Waals surface area (Å²) in [5, 5.41) is 55.9. The highest BCUT2D eigenvalue weighted by atomic mass is 32.2. The fourth-order valence-electron chi connectivity index (χ4n) is 15.5. The number of primary amides is 1. The number of aromatic nitrogens is 1. The number of unbranched alkanes of at least 4 members (excludes halogenated alkanes) is 1. The first kappa shape index (κ1) is 102. The highest BCUT2D eigenvalue weighted by Crippen LogP contribution is 2.25. The van der Waals surface area contributed by atoms with Gasteiger partial charge in [-0.15, -0.1) is 11.8 Å². The van der Waals surface area contributed by atoms with Crippen molar-refractivity contribution in [2.24, 2.45) is 11.7 Å². The van der Waals surface area contributed by atoms with Gasteiger partial charge in [-0.3, -0.25) is 76.7 Å². The Labute approximate surface area is 775 Å². The van der Waals surface area contributed by atoms with Crippen molar-refractivity contribution in [3.05, 3.63) is 239 Å². The number of likely N-dealkylation sites (N-methyl/N-ethyl adjacent to an activating group) is 5. The summed E-state index contributed by atoms with van der Waals surface area (Å²) in [6.07, 6.45) is -0.288. The molecule has 35 nitrogen and oxygen atoms in total. The van der Waals surface area contributed by atoms with Gasteiger partial charge in [0.1, 0.15) is 78.0 Å². The van der Waals surface area contributed by atoms with Gasteiger partial charge >= 0.3 is 5.97 Å². The molecule has 2 heterocycles. The van der Waals surface area contributed by atoms with Crippen molar-refractivity contribution in [1.29, 1.82) is 0 Å². The van der Waals surface area contributed by atoms with Gasteiger partial charge in [0.25, 0.3) is 0 Å². The standard InChI is InChI=1S/C97H118N16O19S/c1-9-10-35-79-96(131)110(5)56-84(118)102-74(52-86(120)121)91(126)106-77(47-61-27-17-12-18-28-61)95(130)112(7)80(49-62-29-19-13-20-30-62)92(127)107-75(48-65-38-42-68(115)43-39-65)93(128)109(4)55-83(117)101-73(51-66-53-99-70-34-24-23-33-69(66)70)90(125)105-72(45-64-36-40-67(114)41-37-64)89(124)104-71(44-59(2)3)88(123)108-78(87(122)100-54-82(98)116)57-133-58-85(119)103-76(46-60-25-15-11-16-26-60)94(129)113(8)81(97(132)111(79)6)50-63-31-21-14-22-32-63/h11-34,36-43,53,59,71-81,99,114-115H,9-10,35,44-52,54-58H2,1-8H3,(H2,98,116)(H,100,122)(H,101,117)(H,102,118)(H,103,119)(H,104,124)(H,105,125)(H,106,126)(H,107,127)(H,108,123)(H,120,121)/t71-,72-,73-,74-,75-,76-,77-,78-,79-,80-,81?/m0/s1. The minimum atomic E-state index is -1.94. The van der Waals surface area contributed by atoms with Gasteiger partial charge in [0.2, 0.25) is 88.6 Å². The normalized spacial score (nSPS) is 21.5. The zero-order valence-corrected chi connectivity index (χ0v) is 76.4. The van der Waals surface area contributed by atoms with Crippen LogP contribution in [0.1, 0.15) is 91.8 Å². The molecule has 1 aromatic heterocycles. The maximum Gasteiger partial charge on any atom is 0.305 e. The van der Waals surface area contributed by atoms with Gasteiger partial charge in [0, 0.05) is 103 Å². The van der Waals surface area contributed by atoms with Crippen molar-refractivity contribution in [2.75, 3.05) is 66.4 Å². The van der Waals surface area contributed by atoms with Crippen LogP contribution in [0.2, 0.25) is 0 Å². The summed E-state index contributed by atoms with van der Waals surface area (Å²) in [4.78, 5) is 245. The van der Waals surface area contributed by atoms with Crippen LogP contribution in [0.25, 0.3) is 10.9 Å². The Morgan fingerprint density at radius 3 is 1.34 bits per heavy atom. The van der Waals surface area contributed by atoms with Gasteiger partial charge in [-0.2, -0.15) is 0 Å². The van der Waals surface area contributed by atoms with E-state index in [9.17, 15) is 53.7 Å². The van der Waals surface area contributed by atoms with Crippen LogP contribution in [0.5, 0.6) is 11.5 Å². The van der Waals surface area contributed by atoms with Gasteiger partial charge in [0.05, 0.1) is 31.8 Å². The maximum absolute atomic E-state index is 15.6. The van der Waals surface area contributed by atoms with E-state index in [4.69, 9.17) is 5.73 Å². The topological polar surface area (TPSA) is 500 Å². The Morgan fingerprint density at radius 1 is 0.429 bits per heavy atom. The molecule has 0 bridgehead atoms. The summed E-state index contributed by atoms with van der Waals surface area (Å²) in [6.45, 7) is 3.02. The average molecular weight is 1840 g/mol. The number of carboxylic acids is 1. The zero-order valence-electron chi connectivity index (χ0n) is 75.6. The van der Waals surface area contributed by atoms with E-state index in [-0.39, 0.29) is 81.0 Å². The number of aliphatic carboxylic acids is 1. The number of para-hydroxylation sites is 1. The van der Waals surface area contributed by atoms with Crippen molar-refractivity contribution < 1.29 is 92.0 Å². The Bertz CT molecular complexity index is 5370. The number of phenols is 2. The molecule has 15 amide bonds. The molecule has 0 spiro atoms. The number of aromatic amines is 1. The summed E-state index contributed by atoms with van der Waals surface area (Å²) in [7, 11) is 6.54. The molecule has 9 rings (SSSR count). The third-order valence-electron chi connectivity index (χ3n) is 22.7. The second kappa shape index (κ2) is 50.1. The summed E-state index contributed by atoms with van der Waals surface area (Å²) >= 11 is 0.828. The largest absolute Gasteiger partial charge is 0.508 e. The SMILES string of the molecule is CCCC[C@H]1C(=O)N(C)CC(=O)N[C@@H](CC(=O)O)C(=O)N[C@@H](Cc2ccccc2)C(=O)N(C)[C@@H](Cc2ccccc2)C(=O)N[C@@H](Cc2ccc(O)cc2)C(=O)N(C)CC(=O)N[C@@H](Cc2c[nH]c3ccccc23)C(=O)N[C@@H](Cc2ccc(O)cc2)C(=O)N[C@@H](CC(C)C)C(=O)N[C@H](C(=O)NCC(N)=O)CSCC(=O)N[C@@H](Cc2ccccc2)C(=O)N(C)C(Cc2ccccc2)C(=O)N1C. The van der Waals surface area contributed by atoms with E-state index in [1.807, 2.05) is 6.92 Å². The molecule has 8 aromatic rings. The number of H-pyrrole nitrogens is 1. The molecule has 0 radical (unpaired) electrons. The Morgan fingerprint density at radius 2 is 0.827 bits per heavy atom. The number of hydrogen-bond acceptors (Lipinski definition) is 19. The van der Waals surface area contributed by atoms with Gasteiger partial charge in [0.15, 0.2) is 0 Å². The molecule has 1 aliphatic heterocycles. The molecule has 0 aliphatic carbocycles. The first-order valence-electron chi connectivity index (χ1n) is 43.8. The lowest BCUT2D eigenvalue weighted by molar-refractivity contribution is -0.151. The van der Waals surface area contributed by atoms with E-state index in [1.54, 1.807) is 166 Å². The lowest BCUT2D eigenvalue weighted by atomic mass is 9.99. The smallest absolute Gasteiger partial charge is 0.305 e. The van der Waals surface area contributed by atoms with Crippen LogP contribution in [0.15, 0.2) is 200 Å². The second-order valence-electron chi connectivity index (χ2n) is 33.6. The minimum absolute atomic E-state index is 0.0222. The molecule has 11 atom stereocenters. The molecule has 133 heavy (non-hydrogen) atoms. The number of hydrogen-bond donors (Lipinski definition) is 14. The molecule has 0 saturated carbocycles. The summed E-state index contributed by atoms with van der Waals surface area (Å²) in [6, 6.07) is 35.4. The van der Waals surface area contributed by atoms with Crippen LogP contribution in [-0.2, 0) is 122 Å². The number of nitrogens with one attached hydrogen (secondary N) is 10. The van der Waals surface area contributed by atoms with Crippen LogP contribution in [0, 0.1) is 5.92 Å². The van der Waals surface area contributed by atoms with Gasteiger partial charge < -0.3 is 98.4 Å². The number of amides is 15. The quantitative estimate of drug-likeness (QED) is 0.0413. The number of aromatic hydroxyl groups is 2. The summed E-state index contributed by atoms with van der Waals surface area (Å²) in [5.41, 5.74) is 9.57. The lowest BCUT2D eigenvalue weighted by Crippen LogP contribution is -2.60. The third-order valence-corrected chi connectivity index (χ3v) is 23.8. The van der Waals surface area contributed by atoms with E-state index in [2.05, 4.69) is 52.8 Å². The summed E-state index contributed by atoms with van der Waals surface area (Å²) in [5.74, 6) is -16.8. The Balaban J connectivity index is 1.13. The molecular weight excluding hydrogens is 1730 g/mol. The number of nitrogens with zero attached hydrogens (tertiary/aromatic N) is 5. The van der Waals surface area contributed by atoms with Crippen molar-refractivity contribution in [3.8, 4) is 11.5 Å². The molecule has 1 aliphatic rings. The molecule has 1 unspecified atom stereocenters. The number of phenolic OH excluding ortho intramolecular Hbond substituents is 2. The highest BCUT2D eigenvalue weighted by Gasteiger charge is 2.42. The highest BCUT2D eigenvalue weighted by molar-refractivity contribution is 8.00. The van der Waals surface area contributed by atoms with Crippen molar-refractivity contribution in [2.45, 2.75) is 164 Å². The molecule has 7 aromatic carbocycles. The van der Waals surface area contributed by atoms with Gasteiger partial charge in [-0.05, 0) is 88.0 Å². The molecule has 1 saturated heterocycles. The number of carboxylic acid groups (broad SMARTS) is 1. The maximum atomic E-state index is 15.6. The van der Waals surface area contributed by atoms with Gasteiger partial charge in [-0.25, -0.2) is 0 Å². The monoisotopic (exact) mass is 1840 g/mol. The van der Waals surface area contributed by atoms with Crippen LogP contribution < -0.4 is 53.6 Å². The molecular formula is C97H118N16O19S. The second-order valence-corrected chi connectivity index (χ2v) is 34.6. The number of carbonyl (C=O) groups excluding carboxylic acids is 15. The van der Waals surface area contributed by atoms with Crippen LogP contribution in [0.3, 0.4) is 0 Å². The van der Waals surface area contributed by atoms with Gasteiger partial charge in [-0.1, -0.05) is 197 Å². The lowest BCUT2D eigenvalue weighted by Gasteiger charge is -2.37. The average Bonchev–Trinajstić information content (AvgIpc) is 1.80. The van der Waals surface area contributed by atoms with E-state index in [0.29, 0.717) is 62.7 Å². The minimum Gasteiger partial charge on any atom is -0.508 e. The first-order valence-corrected chi connectivity index (χ1v) is 45.0.